The number of aromatic nitrogens is 1. The van der Waals surface area contributed by atoms with Gasteiger partial charge in [0, 0.05) is 12.7 Å². The number of hydrogen-bond acceptors (Lipinski definition) is 4. The van der Waals surface area contributed by atoms with Gasteiger partial charge in [0.25, 0.3) is 5.91 Å². The first-order chi connectivity index (χ1) is 15.0. The number of hydrogen-bond donors (Lipinski definition) is 1. The zero-order valence-electron chi connectivity index (χ0n) is 16.5. The van der Waals surface area contributed by atoms with Crippen LogP contribution in [0.5, 0.6) is 0 Å². The van der Waals surface area contributed by atoms with Crippen LogP contribution in [0, 0.1) is 11.7 Å². The number of amides is 2. The first-order valence-corrected chi connectivity index (χ1v) is 10.2. The molecule has 1 N–H and O–H groups in total. The van der Waals surface area contributed by atoms with Crippen LogP contribution < -0.4 is 4.90 Å². The highest BCUT2D eigenvalue weighted by atomic mass is 35.5. The second-order valence-corrected chi connectivity index (χ2v) is 8.37. The van der Waals surface area contributed by atoms with Gasteiger partial charge in [0.05, 0.1) is 16.7 Å². The van der Waals surface area contributed by atoms with Gasteiger partial charge in [-0.25, -0.2) is 9.37 Å². The molecule has 32 heavy (non-hydrogen) atoms. The molecule has 1 saturated heterocycles. The predicted octanol–water partition coefficient (Wildman–Crippen LogP) is 3.41. The van der Waals surface area contributed by atoms with Crippen molar-refractivity contribution in [1.29, 1.82) is 0 Å². The molecule has 0 bridgehead atoms. The maximum absolute atomic E-state index is 14.4. The molecule has 1 aromatic heterocycles. The van der Waals surface area contributed by atoms with E-state index in [1.807, 2.05) is 0 Å². The molecule has 1 aromatic carbocycles. The monoisotopic (exact) mass is 471 g/mol. The summed E-state index contributed by atoms with van der Waals surface area (Å²) in [5, 5.41) is 9.75. The van der Waals surface area contributed by atoms with Gasteiger partial charge >= 0.3 is 6.18 Å². The van der Waals surface area contributed by atoms with Gasteiger partial charge < -0.3 is 10.0 Å². The topological polar surface area (TPSA) is 73.7 Å². The van der Waals surface area contributed by atoms with Gasteiger partial charge in [-0.3, -0.25) is 14.5 Å². The minimum absolute atomic E-state index is 0.0321. The predicted molar refractivity (Wildman–Crippen MR) is 106 cm³/mol. The Labute approximate surface area is 185 Å². The highest BCUT2D eigenvalue weighted by molar-refractivity contribution is 6.30. The molecule has 4 rings (SSSR count). The summed E-state index contributed by atoms with van der Waals surface area (Å²) >= 11 is 5.72. The normalized spacial score (nSPS) is 24.0. The molecule has 2 aliphatic rings. The van der Waals surface area contributed by atoms with E-state index in [1.54, 1.807) is 0 Å². The molecule has 1 unspecified atom stereocenters. The number of aliphatic hydroxyl groups excluding tert-OH is 1. The van der Waals surface area contributed by atoms with Gasteiger partial charge in [0.15, 0.2) is 11.6 Å². The van der Waals surface area contributed by atoms with Crippen molar-refractivity contribution in [2.24, 2.45) is 5.92 Å². The summed E-state index contributed by atoms with van der Waals surface area (Å²) in [6.07, 6.45) is -3.39. The molecule has 2 aromatic rings. The number of carbonyl (C=O) groups is 2. The van der Waals surface area contributed by atoms with Gasteiger partial charge in [-0.1, -0.05) is 23.7 Å². The Morgan fingerprint density at radius 1 is 1.16 bits per heavy atom. The summed E-state index contributed by atoms with van der Waals surface area (Å²) in [7, 11) is 0. The number of piperazine rings is 1. The van der Waals surface area contributed by atoms with E-state index in [1.165, 1.54) is 17.0 Å². The van der Waals surface area contributed by atoms with E-state index < -0.39 is 48.1 Å². The molecule has 1 atom stereocenters. The summed E-state index contributed by atoms with van der Waals surface area (Å²) in [6, 6.07) is 4.30. The number of pyridine rings is 1. The summed E-state index contributed by atoms with van der Waals surface area (Å²) in [6.45, 7) is -0.568. The summed E-state index contributed by atoms with van der Waals surface area (Å²) in [4.78, 5) is 32.4. The van der Waals surface area contributed by atoms with Crippen LogP contribution in [0.15, 0.2) is 36.5 Å². The molecule has 0 radical (unpaired) electrons. The number of alkyl halides is 3. The maximum Gasteiger partial charge on any atom is 0.416 e. The third kappa shape index (κ3) is 4.29. The lowest BCUT2D eigenvalue weighted by molar-refractivity contribution is -0.149. The van der Waals surface area contributed by atoms with E-state index in [4.69, 9.17) is 11.6 Å². The van der Waals surface area contributed by atoms with E-state index in [2.05, 4.69) is 4.98 Å². The summed E-state index contributed by atoms with van der Waals surface area (Å²) < 4.78 is 52.9. The van der Waals surface area contributed by atoms with E-state index in [0.29, 0.717) is 5.56 Å². The van der Waals surface area contributed by atoms with Crippen LogP contribution in [-0.2, 0) is 22.3 Å². The van der Waals surface area contributed by atoms with E-state index in [-0.39, 0.29) is 36.1 Å². The first kappa shape index (κ1) is 22.5. The third-order valence-electron chi connectivity index (χ3n) is 5.74. The Hall–Kier alpha value is -2.72. The highest BCUT2D eigenvalue weighted by Gasteiger charge is 2.48. The number of halogens is 5. The molecule has 11 heteroatoms. The van der Waals surface area contributed by atoms with Gasteiger partial charge in [0.1, 0.15) is 12.6 Å². The Morgan fingerprint density at radius 2 is 1.81 bits per heavy atom. The molecule has 170 valence electrons. The number of rotatable bonds is 4. The first-order valence-electron chi connectivity index (χ1n) is 9.80. The molecule has 1 aliphatic heterocycles. The van der Waals surface area contributed by atoms with Crippen molar-refractivity contribution in [1.82, 2.24) is 9.88 Å². The lowest BCUT2D eigenvalue weighted by atomic mass is 9.75. The molecule has 2 fully saturated rings. The van der Waals surface area contributed by atoms with Crippen molar-refractivity contribution in [3.8, 4) is 0 Å². The number of nitrogens with zero attached hydrogens (tertiary/aromatic N) is 3. The average Bonchev–Trinajstić information content (AvgIpc) is 2.69. The van der Waals surface area contributed by atoms with Crippen LogP contribution in [0.25, 0.3) is 0 Å². The van der Waals surface area contributed by atoms with Crippen molar-refractivity contribution in [3.05, 3.63) is 58.5 Å². The van der Waals surface area contributed by atoms with E-state index in [9.17, 15) is 32.3 Å². The van der Waals surface area contributed by atoms with E-state index >= 15 is 0 Å². The van der Waals surface area contributed by atoms with Crippen LogP contribution in [0.1, 0.15) is 24.0 Å². The zero-order valence-corrected chi connectivity index (χ0v) is 17.3. The minimum Gasteiger partial charge on any atom is -0.393 e. The smallest absolute Gasteiger partial charge is 0.393 e. The molecular weight excluding hydrogens is 454 g/mol. The number of aliphatic hydroxyl groups is 1. The van der Waals surface area contributed by atoms with Crippen LogP contribution in [-0.4, -0.2) is 45.5 Å². The van der Waals surface area contributed by atoms with Crippen LogP contribution in [0.4, 0.5) is 23.4 Å². The molecule has 1 aliphatic carbocycles. The fourth-order valence-electron chi connectivity index (χ4n) is 4.06. The Bertz CT molecular complexity index is 1040. The SMILES string of the molecule is O=C1C(C2CC(O)C2)N(Cc2ccc(C(F)(F)F)cc2)C(=O)CN1c1ncc(Cl)cc1F. The molecule has 2 heterocycles. The van der Waals surface area contributed by atoms with Crippen LogP contribution >= 0.6 is 11.6 Å². The van der Waals surface area contributed by atoms with Crippen molar-refractivity contribution < 1.29 is 32.3 Å². The Morgan fingerprint density at radius 3 is 2.38 bits per heavy atom. The summed E-state index contributed by atoms with van der Waals surface area (Å²) in [5.74, 6) is -2.63. The quantitative estimate of drug-likeness (QED) is 0.694. The van der Waals surface area contributed by atoms with Gasteiger partial charge in [-0.15, -0.1) is 0 Å². The van der Waals surface area contributed by atoms with Gasteiger partial charge in [0.2, 0.25) is 5.91 Å². The van der Waals surface area contributed by atoms with Crippen LogP contribution in [0.2, 0.25) is 5.02 Å². The zero-order chi connectivity index (χ0) is 23.2. The van der Waals surface area contributed by atoms with Crippen molar-refractivity contribution in [2.75, 3.05) is 11.4 Å². The molecular formula is C21H18ClF4N3O3. The average molecular weight is 472 g/mol. The Balaban J connectivity index is 1.62. The van der Waals surface area contributed by atoms with Crippen molar-refractivity contribution >= 4 is 29.2 Å². The third-order valence-corrected chi connectivity index (χ3v) is 5.95. The fraction of sp³-hybridized carbons (Fsp3) is 0.381. The lowest BCUT2D eigenvalue weighted by Crippen LogP contribution is -2.64. The number of carbonyl (C=O) groups excluding carboxylic acids is 2. The highest BCUT2D eigenvalue weighted by Crippen LogP contribution is 2.37. The molecule has 2 amide bonds. The van der Waals surface area contributed by atoms with Gasteiger partial charge in [-0.05, 0) is 42.5 Å². The Kier molecular flexibility index (Phi) is 5.85. The minimum atomic E-state index is -4.49. The molecule has 6 nitrogen and oxygen atoms in total. The molecule has 1 saturated carbocycles. The van der Waals surface area contributed by atoms with E-state index in [0.717, 1.165) is 29.3 Å². The van der Waals surface area contributed by atoms with Crippen LogP contribution in [0.3, 0.4) is 0 Å². The van der Waals surface area contributed by atoms with Crippen molar-refractivity contribution in [2.45, 2.75) is 37.7 Å². The standard InChI is InChI=1S/C21H18ClF4N3O3/c22-14-7-16(23)19(27-8-14)29-10-17(31)28(18(20(29)32)12-5-15(30)6-12)9-11-1-3-13(4-2-11)21(24,25)26/h1-4,7-8,12,15,18,30H,5-6,9-10H2. The second-order valence-electron chi connectivity index (χ2n) is 7.93. The second kappa shape index (κ2) is 8.32. The lowest BCUT2D eigenvalue weighted by Gasteiger charge is -2.47. The number of benzene rings is 1. The molecule has 0 spiro atoms. The summed E-state index contributed by atoms with van der Waals surface area (Å²) in [5.41, 5.74) is -0.412. The fourth-order valence-corrected chi connectivity index (χ4v) is 4.21. The van der Waals surface area contributed by atoms with Gasteiger partial charge in [-0.2, -0.15) is 13.2 Å². The van der Waals surface area contributed by atoms with Crippen molar-refractivity contribution in [3.63, 3.8) is 0 Å². The largest absolute Gasteiger partial charge is 0.416 e. The maximum atomic E-state index is 14.4. The number of anilines is 1.